The molecule has 1 atom stereocenters. The first-order chi connectivity index (χ1) is 8.19. The van der Waals surface area contributed by atoms with Gasteiger partial charge in [0.2, 0.25) is 0 Å². The van der Waals surface area contributed by atoms with Crippen molar-refractivity contribution in [3.8, 4) is 6.07 Å². The SMILES string of the molecule is N#Cc1ccc2sc3c(c2c1)CC(C(=O)O)C3. The van der Waals surface area contributed by atoms with Gasteiger partial charge in [-0.25, -0.2) is 0 Å². The van der Waals surface area contributed by atoms with Crippen molar-refractivity contribution in [3.63, 3.8) is 0 Å². The molecule has 0 amide bonds. The Kier molecular flexibility index (Phi) is 2.17. The molecule has 1 aliphatic carbocycles. The summed E-state index contributed by atoms with van der Waals surface area (Å²) in [4.78, 5) is 12.1. The number of rotatable bonds is 1. The molecule has 3 rings (SSSR count). The lowest BCUT2D eigenvalue weighted by molar-refractivity contribution is -0.141. The number of hydrogen-bond donors (Lipinski definition) is 1. The molecular formula is C13H9NO2S. The van der Waals surface area contributed by atoms with Crippen LogP contribution in [-0.2, 0) is 17.6 Å². The van der Waals surface area contributed by atoms with Crippen LogP contribution in [0.25, 0.3) is 10.1 Å². The summed E-state index contributed by atoms with van der Waals surface area (Å²) >= 11 is 1.65. The van der Waals surface area contributed by atoms with Crippen LogP contribution in [0.5, 0.6) is 0 Å². The van der Waals surface area contributed by atoms with E-state index < -0.39 is 5.97 Å². The summed E-state index contributed by atoms with van der Waals surface area (Å²) in [6.45, 7) is 0. The first kappa shape index (κ1) is 10.3. The molecule has 3 nitrogen and oxygen atoms in total. The summed E-state index contributed by atoms with van der Waals surface area (Å²) in [6, 6.07) is 7.75. The minimum Gasteiger partial charge on any atom is -0.481 e. The molecule has 1 unspecified atom stereocenters. The van der Waals surface area contributed by atoms with Gasteiger partial charge in [0, 0.05) is 9.58 Å². The standard InChI is InChI=1S/C13H9NO2S/c14-6-7-1-2-11-9(3-7)10-4-8(13(15)16)5-12(10)17-11/h1-3,8H,4-5H2,(H,15,16). The Balaban J connectivity index is 2.14. The number of carboxylic acid groups (broad SMARTS) is 1. The van der Waals surface area contributed by atoms with Gasteiger partial charge in [-0.05, 0) is 42.0 Å². The normalized spacial score (nSPS) is 17.9. The van der Waals surface area contributed by atoms with Crippen molar-refractivity contribution in [1.29, 1.82) is 5.26 Å². The highest BCUT2D eigenvalue weighted by Crippen LogP contribution is 2.39. The number of carboxylic acids is 1. The molecular weight excluding hydrogens is 234 g/mol. The van der Waals surface area contributed by atoms with E-state index in [-0.39, 0.29) is 5.92 Å². The summed E-state index contributed by atoms with van der Waals surface area (Å²) in [5.74, 6) is -1.01. The van der Waals surface area contributed by atoms with E-state index in [1.54, 1.807) is 11.3 Å². The summed E-state index contributed by atoms with van der Waals surface area (Å²) in [7, 11) is 0. The maximum absolute atomic E-state index is 11.0. The third kappa shape index (κ3) is 1.51. The van der Waals surface area contributed by atoms with E-state index in [1.165, 1.54) is 4.88 Å². The topological polar surface area (TPSA) is 61.1 Å². The van der Waals surface area contributed by atoms with E-state index in [4.69, 9.17) is 10.4 Å². The summed E-state index contributed by atoms with van der Waals surface area (Å²) in [5.41, 5.74) is 1.77. The van der Waals surface area contributed by atoms with E-state index in [1.807, 2.05) is 18.2 Å². The number of benzene rings is 1. The minimum atomic E-state index is -0.724. The van der Waals surface area contributed by atoms with Crippen LogP contribution >= 0.6 is 11.3 Å². The monoisotopic (exact) mass is 243 g/mol. The molecule has 1 aromatic heterocycles. The average molecular weight is 243 g/mol. The van der Waals surface area contributed by atoms with Crippen molar-refractivity contribution in [1.82, 2.24) is 0 Å². The largest absolute Gasteiger partial charge is 0.481 e. The van der Waals surface area contributed by atoms with Crippen LogP contribution in [0, 0.1) is 17.2 Å². The number of hydrogen-bond acceptors (Lipinski definition) is 3. The molecule has 0 spiro atoms. The molecule has 0 bridgehead atoms. The second kappa shape index (κ2) is 3.57. The molecule has 1 aromatic carbocycles. The fourth-order valence-electron chi connectivity index (χ4n) is 2.37. The first-order valence-corrected chi connectivity index (χ1v) is 6.18. The fraction of sp³-hybridized carbons (Fsp3) is 0.231. The van der Waals surface area contributed by atoms with Crippen LogP contribution in [0.2, 0.25) is 0 Å². The third-order valence-electron chi connectivity index (χ3n) is 3.24. The molecule has 0 saturated heterocycles. The highest BCUT2D eigenvalue weighted by Gasteiger charge is 2.30. The molecule has 4 heteroatoms. The van der Waals surface area contributed by atoms with Crippen molar-refractivity contribution in [2.24, 2.45) is 5.92 Å². The van der Waals surface area contributed by atoms with Gasteiger partial charge in [0.15, 0.2) is 0 Å². The second-order valence-electron chi connectivity index (χ2n) is 4.27. The van der Waals surface area contributed by atoms with Crippen LogP contribution in [0.4, 0.5) is 0 Å². The van der Waals surface area contributed by atoms with E-state index in [0.29, 0.717) is 18.4 Å². The maximum atomic E-state index is 11.0. The molecule has 84 valence electrons. The number of aliphatic carboxylic acids is 1. The molecule has 0 fully saturated rings. The van der Waals surface area contributed by atoms with Gasteiger partial charge in [-0.3, -0.25) is 4.79 Å². The minimum absolute atomic E-state index is 0.286. The Morgan fingerprint density at radius 3 is 3.00 bits per heavy atom. The third-order valence-corrected chi connectivity index (χ3v) is 4.47. The molecule has 1 heterocycles. The van der Waals surface area contributed by atoms with Gasteiger partial charge in [0.05, 0.1) is 17.6 Å². The zero-order chi connectivity index (χ0) is 12.0. The Bertz CT molecular complexity index is 666. The Morgan fingerprint density at radius 2 is 2.29 bits per heavy atom. The van der Waals surface area contributed by atoms with Gasteiger partial charge in [-0.1, -0.05) is 0 Å². The Hall–Kier alpha value is -1.86. The number of nitriles is 1. The van der Waals surface area contributed by atoms with Crippen LogP contribution in [-0.4, -0.2) is 11.1 Å². The summed E-state index contributed by atoms with van der Waals surface area (Å²) in [6.07, 6.45) is 1.23. The lowest BCUT2D eigenvalue weighted by Crippen LogP contribution is -2.13. The first-order valence-electron chi connectivity index (χ1n) is 5.36. The van der Waals surface area contributed by atoms with Crippen molar-refractivity contribution < 1.29 is 9.90 Å². The molecule has 1 aliphatic rings. The van der Waals surface area contributed by atoms with E-state index >= 15 is 0 Å². The van der Waals surface area contributed by atoms with Gasteiger partial charge in [-0.2, -0.15) is 5.26 Å². The zero-order valence-electron chi connectivity index (χ0n) is 8.93. The smallest absolute Gasteiger partial charge is 0.307 e. The van der Waals surface area contributed by atoms with Crippen molar-refractivity contribution in [3.05, 3.63) is 34.2 Å². The Morgan fingerprint density at radius 1 is 1.47 bits per heavy atom. The van der Waals surface area contributed by atoms with Gasteiger partial charge >= 0.3 is 5.97 Å². The van der Waals surface area contributed by atoms with Crippen molar-refractivity contribution in [2.45, 2.75) is 12.8 Å². The molecule has 17 heavy (non-hydrogen) atoms. The quantitative estimate of drug-likeness (QED) is 0.837. The maximum Gasteiger partial charge on any atom is 0.307 e. The molecule has 0 radical (unpaired) electrons. The molecule has 1 N–H and O–H groups in total. The highest BCUT2D eigenvalue weighted by molar-refractivity contribution is 7.19. The van der Waals surface area contributed by atoms with Crippen LogP contribution in [0.1, 0.15) is 16.0 Å². The van der Waals surface area contributed by atoms with Crippen LogP contribution in [0.15, 0.2) is 18.2 Å². The summed E-state index contributed by atoms with van der Waals surface area (Å²) < 4.78 is 1.15. The van der Waals surface area contributed by atoms with Crippen molar-refractivity contribution in [2.75, 3.05) is 0 Å². The summed E-state index contributed by atoms with van der Waals surface area (Å²) in [5, 5.41) is 19.0. The lowest BCUT2D eigenvalue weighted by atomic mass is 10.0. The van der Waals surface area contributed by atoms with Crippen molar-refractivity contribution >= 4 is 27.4 Å². The Labute approximate surface area is 102 Å². The number of thiophene rings is 1. The number of carbonyl (C=O) groups is 1. The molecule has 2 aromatic rings. The average Bonchev–Trinajstić information content (AvgIpc) is 2.85. The zero-order valence-corrected chi connectivity index (χ0v) is 9.75. The van der Waals surface area contributed by atoms with Gasteiger partial charge in [0.1, 0.15) is 0 Å². The highest BCUT2D eigenvalue weighted by atomic mass is 32.1. The number of fused-ring (bicyclic) bond motifs is 3. The van der Waals surface area contributed by atoms with E-state index in [0.717, 1.165) is 15.6 Å². The second-order valence-corrected chi connectivity index (χ2v) is 5.41. The van der Waals surface area contributed by atoms with Gasteiger partial charge in [-0.15, -0.1) is 11.3 Å². The van der Waals surface area contributed by atoms with E-state index in [2.05, 4.69) is 6.07 Å². The van der Waals surface area contributed by atoms with Gasteiger partial charge < -0.3 is 5.11 Å². The predicted molar refractivity (Wildman–Crippen MR) is 65.1 cm³/mol. The van der Waals surface area contributed by atoms with Gasteiger partial charge in [0.25, 0.3) is 0 Å². The predicted octanol–water partition coefficient (Wildman–Crippen LogP) is 2.57. The lowest BCUT2D eigenvalue weighted by Gasteiger charge is -2.01. The van der Waals surface area contributed by atoms with Crippen LogP contribution in [0.3, 0.4) is 0 Å². The van der Waals surface area contributed by atoms with Crippen LogP contribution < -0.4 is 0 Å². The molecule has 0 aliphatic heterocycles. The fourth-order valence-corrected chi connectivity index (χ4v) is 3.67. The van der Waals surface area contributed by atoms with E-state index in [9.17, 15) is 4.79 Å². The molecule has 0 saturated carbocycles. The number of nitrogens with zero attached hydrogens (tertiary/aromatic N) is 1.